The van der Waals surface area contributed by atoms with Crippen LogP contribution in [-0.4, -0.2) is 5.16 Å². The van der Waals surface area contributed by atoms with E-state index in [0.717, 1.165) is 8.58 Å². The number of hydrogen-bond acceptors (Lipinski definition) is 0. The Bertz CT molecular complexity index is 143. The standard InChI is InChI=1S/C10H21P/c1-8(9(2,3)4)11-10(5,6)7/h11H,1H2,2-7H3. The molecule has 0 amide bonds. The maximum atomic E-state index is 4.12. The van der Waals surface area contributed by atoms with E-state index in [1.54, 1.807) is 0 Å². The Labute approximate surface area is 73.2 Å². The van der Waals surface area contributed by atoms with Gasteiger partial charge in [-0.15, -0.1) is 0 Å². The van der Waals surface area contributed by atoms with Crippen molar-refractivity contribution in [3.63, 3.8) is 0 Å². The number of allylic oxidation sites excluding steroid dienone is 1. The second-order valence-corrected chi connectivity index (χ2v) is 7.46. The van der Waals surface area contributed by atoms with Crippen molar-refractivity contribution in [2.24, 2.45) is 5.41 Å². The lowest BCUT2D eigenvalue weighted by atomic mass is 9.97. The van der Waals surface area contributed by atoms with Gasteiger partial charge in [-0.05, 0) is 10.6 Å². The van der Waals surface area contributed by atoms with Gasteiger partial charge in [-0.1, -0.05) is 62.0 Å². The molecule has 0 aliphatic rings. The van der Waals surface area contributed by atoms with Crippen LogP contribution in [0.3, 0.4) is 0 Å². The van der Waals surface area contributed by atoms with Gasteiger partial charge in [0.25, 0.3) is 0 Å². The minimum Gasteiger partial charge on any atom is -0.0951 e. The van der Waals surface area contributed by atoms with Crippen LogP contribution in [0, 0.1) is 5.41 Å². The second kappa shape index (κ2) is 3.27. The number of rotatable bonds is 1. The van der Waals surface area contributed by atoms with Crippen molar-refractivity contribution in [2.45, 2.75) is 46.7 Å². The van der Waals surface area contributed by atoms with E-state index < -0.39 is 0 Å². The third kappa shape index (κ3) is 5.44. The molecule has 0 aromatic carbocycles. The fourth-order valence-corrected chi connectivity index (χ4v) is 1.92. The molecule has 1 unspecified atom stereocenters. The molecule has 0 bridgehead atoms. The molecule has 0 aliphatic carbocycles. The molecule has 0 aliphatic heterocycles. The predicted molar refractivity (Wildman–Crippen MR) is 56.7 cm³/mol. The van der Waals surface area contributed by atoms with Gasteiger partial charge in [0.2, 0.25) is 0 Å². The fourth-order valence-electron chi connectivity index (χ4n) is 0.640. The van der Waals surface area contributed by atoms with E-state index in [2.05, 4.69) is 48.1 Å². The molecule has 1 atom stereocenters. The summed E-state index contributed by atoms with van der Waals surface area (Å²) in [6, 6.07) is 0. The van der Waals surface area contributed by atoms with Crippen LogP contribution in [0.15, 0.2) is 11.9 Å². The van der Waals surface area contributed by atoms with Gasteiger partial charge >= 0.3 is 0 Å². The molecule has 0 N–H and O–H groups in total. The summed E-state index contributed by atoms with van der Waals surface area (Å²) < 4.78 is 0. The van der Waals surface area contributed by atoms with Crippen molar-refractivity contribution >= 4 is 8.58 Å². The summed E-state index contributed by atoms with van der Waals surface area (Å²) >= 11 is 0. The molecule has 0 saturated heterocycles. The Kier molecular flexibility index (Phi) is 3.32. The molecule has 0 nitrogen and oxygen atoms in total. The third-order valence-electron chi connectivity index (χ3n) is 1.43. The van der Waals surface area contributed by atoms with Crippen molar-refractivity contribution in [1.82, 2.24) is 0 Å². The molecule has 0 aromatic heterocycles. The predicted octanol–water partition coefficient (Wildman–Crippen LogP) is 4.02. The summed E-state index contributed by atoms with van der Waals surface area (Å²) in [6.45, 7) is 17.6. The largest absolute Gasteiger partial charge is 0.0951 e. The zero-order valence-electron chi connectivity index (χ0n) is 8.71. The van der Waals surface area contributed by atoms with Crippen molar-refractivity contribution in [3.05, 3.63) is 11.9 Å². The van der Waals surface area contributed by atoms with Crippen LogP contribution in [0.4, 0.5) is 0 Å². The fraction of sp³-hybridized carbons (Fsp3) is 0.800. The monoisotopic (exact) mass is 172 g/mol. The van der Waals surface area contributed by atoms with Crippen LogP contribution in [-0.2, 0) is 0 Å². The van der Waals surface area contributed by atoms with Gasteiger partial charge in [-0.2, -0.15) is 0 Å². The highest BCUT2D eigenvalue weighted by molar-refractivity contribution is 7.44. The summed E-state index contributed by atoms with van der Waals surface area (Å²) in [7, 11) is 0.872. The van der Waals surface area contributed by atoms with E-state index in [1.807, 2.05) is 0 Å². The topological polar surface area (TPSA) is 0 Å². The van der Waals surface area contributed by atoms with Gasteiger partial charge in [-0.25, -0.2) is 0 Å². The molecule has 0 heterocycles. The molecule has 0 fully saturated rings. The van der Waals surface area contributed by atoms with E-state index in [-0.39, 0.29) is 5.41 Å². The maximum absolute atomic E-state index is 4.12. The van der Waals surface area contributed by atoms with Crippen LogP contribution in [0.1, 0.15) is 41.5 Å². The van der Waals surface area contributed by atoms with E-state index in [0.29, 0.717) is 5.16 Å². The maximum Gasteiger partial charge on any atom is -0.0136 e. The van der Waals surface area contributed by atoms with Crippen LogP contribution < -0.4 is 0 Å². The Morgan fingerprint density at radius 1 is 1.00 bits per heavy atom. The molecule has 0 aromatic rings. The second-order valence-electron chi connectivity index (χ2n) is 5.10. The van der Waals surface area contributed by atoms with E-state index in [4.69, 9.17) is 0 Å². The zero-order valence-corrected chi connectivity index (χ0v) is 9.71. The van der Waals surface area contributed by atoms with Crippen LogP contribution >= 0.6 is 8.58 Å². The molecule has 0 radical (unpaired) electrons. The normalized spacial score (nSPS) is 14.4. The summed E-state index contributed by atoms with van der Waals surface area (Å²) in [4.78, 5) is 0. The Balaban J connectivity index is 4.11. The van der Waals surface area contributed by atoms with Crippen LogP contribution in [0.5, 0.6) is 0 Å². The number of hydrogen-bond donors (Lipinski definition) is 0. The molecular weight excluding hydrogens is 151 g/mol. The van der Waals surface area contributed by atoms with Crippen molar-refractivity contribution < 1.29 is 0 Å². The van der Waals surface area contributed by atoms with Crippen LogP contribution in [0.2, 0.25) is 0 Å². The molecule has 0 rings (SSSR count). The minimum absolute atomic E-state index is 0.283. The van der Waals surface area contributed by atoms with Crippen LogP contribution in [0.25, 0.3) is 0 Å². The highest BCUT2D eigenvalue weighted by Gasteiger charge is 2.20. The van der Waals surface area contributed by atoms with Gasteiger partial charge in [0.1, 0.15) is 0 Å². The molecule has 0 spiro atoms. The summed E-state index contributed by atoms with van der Waals surface area (Å²) in [6.07, 6.45) is 0. The van der Waals surface area contributed by atoms with Crippen molar-refractivity contribution in [2.75, 3.05) is 0 Å². The first-order valence-electron chi connectivity index (χ1n) is 4.10. The third-order valence-corrected chi connectivity index (χ3v) is 3.23. The lowest BCUT2D eigenvalue weighted by Crippen LogP contribution is -2.12. The van der Waals surface area contributed by atoms with Crippen molar-refractivity contribution in [3.8, 4) is 0 Å². The quantitative estimate of drug-likeness (QED) is 0.524. The van der Waals surface area contributed by atoms with Gasteiger partial charge in [0.15, 0.2) is 0 Å². The summed E-state index contributed by atoms with van der Waals surface area (Å²) in [5, 5.41) is 1.79. The average molecular weight is 172 g/mol. The Morgan fingerprint density at radius 2 is 1.36 bits per heavy atom. The molecule has 0 saturated carbocycles. The van der Waals surface area contributed by atoms with Gasteiger partial charge < -0.3 is 0 Å². The van der Waals surface area contributed by atoms with E-state index in [1.165, 1.54) is 5.31 Å². The molecule has 1 heteroatoms. The zero-order chi connectivity index (χ0) is 9.28. The lowest BCUT2D eigenvalue weighted by Gasteiger charge is -2.28. The molecule has 66 valence electrons. The summed E-state index contributed by atoms with van der Waals surface area (Å²) in [5.41, 5.74) is 0.283. The minimum atomic E-state index is 0.283. The highest BCUT2D eigenvalue weighted by atomic mass is 31.1. The Hall–Kier alpha value is 0.170. The van der Waals surface area contributed by atoms with Gasteiger partial charge in [-0.3, -0.25) is 0 Å². The highest BCUT2D eigenvalue weighted by Crippen LogP contribution is 2.45. The molecule has 11 heavy (non-hydrogen) atoms. The first-order chi connectivity index (χ1) is 4.63. The smallest absolute Gasteiger partial charge is 0.0136 e. The lowest BCUT2D eigenvalue weighted by molar-refractivity contribution is 0.531. The van der Waals surface area contributed by atoms with Gasteiger partial charge in [0, 0.05) is 0 Å². The van der Waals surface area contributed by atoms with Crippen molar-refractivity contribution in [1.29, 1.82) is 0 Å². The van der Waals surface area contributed by atoms with E-state index >= 15 is 0 Å². The Morgan fingerprint density at radius 3 is 1.45 bits per heavy atom. The average Bonchev–Trinajstić information content (AvgIpc) is 1.56. The first-order valence-corrected chi connectivity index (χ1v) is 5.10. The summed E-state index contributed by atoms with van der Waals surface area (Å²) in [5.74, 6) is 0. The van der Waals surface area contributed by atoms with E-state index in [9.17, 15) is 0 Å². The first kappa shape index (κ1) is 11.2. The van der Waals surface area contributed by atoms with Gasteiger partial charge in [0.05, 0.1) is 0 Å². The molecular formula is C10H21P. The SMILES string of the molecule is C=C(PC(C)(C)C)C(C)(C)C.